The molecule has 0 radical (unpaired) electrons. The van der Waals surface area contributed by atoms with Gasteiger partial charge in [-0.1, -0.05) is 208 Å². The molecule has 72 heavy (non-hydrogen) atoms. The zero-order valence-electron chi connectivity index (χ0n) is 40.1. The number of para-hydroxylation sites is 6. The third kappa shape index (κ3) is 6.39. The molecule has 2 heterocycles. The number of hydrogen-bond donors (Lipinski definition) is 0. The Labute approximate surface area is 417 Å². The smallest absolute Gasteiger partial charge is 0.159 e. The number of hydrogen-bond acceptors (Lipinski definition) is 4. The van der Waals surface area contributed by atoms with Gasteiger partial charge in [-0.25, -0.2) is 0 Å². The van der Waals surface area contributed by atoms with Crippen molar-refractivity contribution in [3.05, 3.63) is 242 Å². The summed E-state index contributed by atoms with van der Waals surface area (Å²) in [5, 5.41) is 11.5. The van der Waals surface area contributed by atoms with Gasteiger partial charge in [-0.05, 0) is 93.0 Å². The second-order valence-electron chi connectivity index (χ2n) is 18.8. The first-order chi connectivity index (χ1) is 35.7. The maximum absolute atomic E-state index is 7.08. The van der Waals surface area contributed by atoms with Crippen LogP contribution < -0.4 is 9.80 Å². The summed E-state index contributed by atoms with van der Waals surface area (Å²) in [6, 6.07) is 83.8. The van der Waals surface area contributed by atoms with Crippen molar-refractivity contribution in [3.8, 4) is 22.3 Å². The molecule has 0 atom stereocenters. The van der Waals surface area contributed by atoms with Crippen LogP contribution >= 0.6 is 0 Å². The first-order valence-corrected chi connectivity index (χ1v) is 25.1. The molecule has 0 spiro atoms. The third-order valence-electron chi connectivity index (χ3n) is 15.0. The fourth-order valence-electron chi connectivity index (χ4n) is 11.6. The predicted octanol–water partition coefficient (Wildman–Crippen LogP) is 19.8. The number of aryl methyl sites for hydroxylation is 2. The zero-order valence-corrected chi connectivity index (χ0v) is 40.1. The van der Waals surface area contributed by atoms with Crippen molar-refractivity contribution in [2.45, 2.75) is 26.7 Å². The van der Waals surface area contributed by atoms with E-state index in [0.717, 1.165) is 124 Å². The van der Waals surface area contributed by atoms with Crippen LogP contribution in [0.15, 0.2) is 239 Å². The minimum Gasteiger partial charge on any atom is -0.454 e. The highest BCUT2D eigenvalue weighted by Gasteiger charge is 2.28. The zero-order chi connectivity index (χ0) is 47.9. The number of nitrogens with zero attached hydrogens (tertiary/aromatic N) is 2. The Hall–Kier alpha value is -9.12. The summed E-state index contributed by atoms with van der Waals surface area (Å²) in [5.41, 5.74) is 16.8. The van der Waals surface area contributed by atoms with Crippen LogP contribution in [-0.2, 0) is 12.8 Å². The van der Waals surface area contributed by atoms with Crippen molar-refractivity contribution in [3.63, 3.8) is 0 Å². The molecule has 0 saturated heterocycles. The molecule has 12 aromatic carbocycles. The van der Waals surface area contributed by atoms with E-state index in [9.17, 15) is 0 Å². The van der Waals surface area contributed by atoms with Crippen molar-refractivity contribution in [2.24, 2.45) is 0 Å². The van der Waals surface area contributed by atoms with Crippen LogP contribution in [0.3, 0.4) is 0 Å². The number of benzene rings is 12. The van der Waals surface area contributed by atoms with Gasteiger partial charge in [-0.15, -0.1) is 0 Å². The molecule has 14 rings (SSSR count). The molecule has 0 saturated carbocycles. The van der Waals surface area contributed by atoms with E-state index in [-0.39, 0.29) is 0 Å². The lowest BCUT2D eigenvalue weighted by Gasteiger charge is -2.31. The SMILES string of the molecule is CCc1cccc2c1oc1c(N(c3ccccc3-c3ccccc3)c3ccc4ccc5c(N(c6ccccc6-c6ccccc6)c6cccc7c6oc6c(CC)cccc67)ccc6ccc3c4c65)cccc12. The quantitative estimate of drug-likeness (QED) is 0.128. The van der Waals surface area contributed by atoms with Gasteiger partial charge in [-0.3, -0.25) is 0 Å². The Balaban J connectivity index is 1.06. The molecule has 14 aromatic rings. The molecular weight excluding hydrogens is 877 g/mol. The summed E-state index contributed by atoms with van der Waals surface area (Å²) in [6.45, 7) is 4.40. The van der Waals surface area contributed by atoms with Gasteiger partial charge >= 0.3 is 0 Å². The molecule has 0 amide bonds. The second-order valence-corrected chi connectivity index (χ2v) is 18.8. The average Bonchev–Trinajstić information content (AvgIpc) is 4.04. The topological polar surface area (TPSA) is 32.8 Å². The van der Waals surface area contributed by atoms with Gasteiger partial charge in [0.15, 0.2) is 11.2 Å². The van der Waals surface area contributed by atoms with Crippen LogP contribution in [-0.4, -0.2) is 0 Å². The predicted molar refractivity (Wildman–Crippen MR) is 304 cm³/mol. The summed E-state index contributed by atoms with van der Waals surface area (Å²) in [5.74, 6) is 0. The highest BCUT2D eigenvalue weighted by Crippen LogP contribution is 2.52. The molecule has 0 N–H and O–H groups in total. The van der Waals surface area contributed by atoms with E-state index in [1.54, 1.807) is 0 Å². The van der Waals surface area contributed by atoms with E-state index < -0.39 is 0 Å². The normalized spacial score (nSPS) is 11.9. The molecule has 0 aliphatic heterocycles. The van der Waals surface area contributed by atoms with Crippen LogP contribution in [0.25, 0.3) is 98.4 Å². The highest BCUT2D eigenvalue weighted by molar-refractivity contribution is 6.29. The lowest BCUT2D eigenvalue weighted by atomic mass is 9.91. The molecule has 342 valence electrons. The molecule has 0 aliphatic carbocycles. The van der Waals surface area contributed by atoms with Crippen molar-refractivity contribution < 1.29 is 8.83 Å². The lowest BCUT2D eigenvalue weighted by Crippen LogP contribution is -2.13. The van der Waals surface area contributed by atoms with Gasteiger partial charge in [0.25, 0.3) is 0 Å². The van der Waals surface area contributed by atoms with E-state index in [1.165, 1.54) is 32.7 Å². The van der Waals surface area contributed by atoms with Gasteiger partial charge in [-0.2, -0.15) is 0 Å². The summed E-state index contributed by atoms with van der Waals surface area (Å²) < 4.78 is 14.2. The molecular formula is C68H48N2O2. The van der Waals surface area contributed by atoms with E-state index >= 15 is 0 Å². The van der Waals surface area contributed by atoms with Gasteiger partial charge in [0.1, 0.15) is 11.2 Å². The van der Waals surface area contributed by atoms with Crippen LogP contribution in [0.1, 0.15) is 25.0 Å². The first kappa shape index (κ1) is 41.8. The molecule has 0 aliphatic rings. The minimum absolute atomic E-state index is 0.864. The fourth-order valence-corrected chi connectivity index (χ4v) is 11.6. The Kier molecular flexibility index (Phi) is 9.75. The number of fused-ring (bicyclic) bond motifs is 6. The standard InChI is InChI=1S/C68H48N2O2/c1-3-43-23-15-27-51-53-29-17-33-61(67(53)71-65(43)51)69(57-31-13-11-25-49(57)45-19-7-5-8-20-45)59-41-37-47-36-40-56-60(42-38-48-35-39-55(59)63(47)64(48)56)70(58-32-14-12-26-50(58)46-21-9-6-10-22-46)62-34-18-30-54-52-28-16-24-44(4-2)66(52)72-68(54)62/h5-42H,3-4H2,1-2H3. The van der Waals surface area contributed by atoms with Gasteiger partial charge in [0.05, 0.1) is 34.1 Å². The summed E-state index contributed by atoms with van der Waals surface area (Å²) in [6.07, 6.45) is 1.76. The van der Waals surface area contributed by atoms with Crippen LogP contribution in [0.4, 0.5) is 34.1 Å². The Morgan fingerprint density at radius 1 is 0.278 bits per heavy atom. The summed E-state index contributed by atoms with van der Waals surface area (Å²) in [7, 11) is 0. The summed E-state index contributed by atoms with van der Waals surface area (Å²) >= 11 is 0. The van der Waals surface area contributed by atoms with Crippen molar-refractivity contribution in [1.29, 1.82) is 0 Å². The summed E-state index contributed by atoms with van der Waals surface area (Å²) in [4.78, 5) is 4.89. The molecule has 0 unspecified atom stereocenters. The number of furan rings is 2. The van der Waals surface area contributed by atoms with Crippen LogP contribution in [0.5, 0.6) is 0 Å². The monoisotopic (exact) mass is 924 g/mol. The lowest BCUT2D eigenvalue weighted by molar-refractivity contribution is 0.663. The maximum atomic E-state index is 7.08. The largest absolute Gasteiger partial charge is 0.454 e. The van der Waals surface area contributed by atoms with Crippen molar-refractivity contribution in [1.82, 2.24) is 0 Å². The second kappa shape index (κ2) is 16.8. The Bertz CT molecular complexity index is 4090. The van der Waals surface area contributed by atoms with Crippen molar-refractivity contribution >= 4 is 110 Å². The van der Waals surface area contributed by atoms with E-state index in [2.05, 4.69) is 254 Å². The number of anilines is 6. The first-order valence-electron chi connectivity index (χ1n) is 25.1. The molecule has 4 heteroatoms. The molecule has 0 fully saturated rings. The van der Waals surface area contributed by atoms with Crippen molar-refractivity contribution in [2.75, 3.05) is 9.80 Å². The fraction of sp³-hybridized carbons (Fsp3) is 0.0588. The molecule has 4 nitrogen and oxygen atoms in total. The van der Waals surface area contributed by atoms with E-state index in [1.807, 2.05) is 0 Å². The Morgan fingerprint density at radius 2 is 0.639 bits per heavy atom. The maximum Gasteiger partial charge on any atom is 0.159 e. The third-order valence-corrected chi connectivity index (χ3v) is 15.0. The van der Waals surface area contributed by atoms with Crippen LogP contribution in [0.2, 0.25) is 0 Å². The van der Waals surface area contributed by atoms with Crippen LogP contribution in [0, 0.1) is 0 Å². The van der Waals surface area contributed by atoms with Gasteiger partial charge in [0.2, 0.25) is 0 Å². The average molecular weight is 925 g/mol. The minimum atomic E-state index is 0.864. The Morgan fingerprint density at radius 3 is 1.07 bits per heavy atom. The molecule has 0 bridgehead atoms. The van der Waals surface area contributed by atoms with Gasteiger partial charge in [0, 0.05) is 43.4 Å². The van der Waals surface area contributed by atoms with E-state index in [0.29, 0.717) is 0 Å². The highest BCUT2D eigenvalue weighted by atomic mass is 16.3. The van der Waals surface area contributed by atoms with Gasteiger partial charge < -0.3 is 18.6 Å². The molecule has 2 aromatic heterocycles. The number of rotatable bonds is 10. The van der Waals surface area contributed by atoms with E-state index in [4.69, 9.17) is 8.83 Å².